The SMILES string of the molecule is CC(=O)NC(CCC(=O)NCCO[C@H]1O[C@H](CO)[C@@H](O)[C@H](O)[C@@H]1O)(CCC(=O)NCCO[C@H]1O[C@H](CO)[C@@H](O)[C@H](O)[C@@H]1O)CCC(=O)NCCO[C@H]1O[C@H](CO)[C@@H](O)[C@H](O)[C@@H]1O. The Morgan fingerprint density at radius 3 is 0.984 bits per heavy atom. The molecule has 0 aliphatic carbocycles. The molecule has 0 saturated carbocycles. The van der Waals surface area contributed by atoms with E-state index in [0.717, 1.165) is 0 Å². The van der Waals surface area contributed by atoms with E-state index in [0.29, 0.717) is 0 Å². The second kappa shape index (κ2) is 26.2. The number of ether oxygens (including phenoxy) is 6. The first-order valence-corrected chi connectivity index (χ1v) is 20.2. The standard InChI is InChI=1S/C36H64N4O22/c1-17(44)40-36(5-2-21(45)37-8-11-57-33-30(54)27(51)24(48)18(14-41)60-33,6-3-22(46)38-9-12-58-34-31(55)28(52)25(49)19(15-42)61-34)7-4-23(47)39-10-13-59-35-32(56)29(53)26(50)20(16-43)62-35/h18-20,24-35,41-43,48-56H,2-16H2,1H3,(H,37,45)(H,38,46)(H,39,47)(H,40,44)/t18-,19-,20-,24-,25-,26-,27+,28+,29+,30+,31+,32+,33+,34+,35+/m1/s1. The van der Waals surface area contributed by atoms with Crippen molar-refractivity contribution in [3.05, 3.63) is 0 Å². The first-order valence-electron chi connectivity index (χ1n) is 20.2. The number of carbonyl (C=O) groups excluding carboxylic acids is 4. The summed E-state index contributed by atoms with van der Waals surface area (Å²) in [6.45, 7) is -1.85. The first kappa shape index (κ1) is 53.5. The molecule has 3 aliphatic heterocycles. The number of aliphatic hydroxyl groups is 12. The third-order valence-corrected chi connectivity index (χ3v) is 10.6. The Balaban J connectivity index is 1.57. The van der Waals surface area contributed by atoms with Crippen molar-refractivity contribution in [1.29, 1.82) is 0 Å². The largest absolute Gasteiger partial charge is 0.394 e. The molecule has 0 unspecified atom stereocenters. The van der Waals surface area contributed by atoms with Crippen LogP contribution in [0, 0.1) is 0 Å². The van der Waals surface area contributed by atoms with Crippen molar-refractivity contribution in [3.63, 3.8) is 0 Å². The summed E-state index contributed by atoms with van der Waals surface area (Å²) in [6.07, 6.45) is -23.5. The molecule has 3 saturated heterocycles. The zero-order chi connectivity index (χ0) is 46.1. The lowest BCUT2D eigenvalue weighted by molar-refractivity contribution is -0.300. The fourth-order valence-corrected chi connectivity index (χ4v) is 6.97. The van der Waals surface area contributed by atoms with E-state index >= 15 is 0 Å². The maximum Gasteiger partial charge on any atom is 0.220 e. The van der Waals surface area contributed by atoms with Gasteiger partial charge in [0.1, 0.15) is 73.2 Å². The predicted octanol–water partition coefficient (Wildman–Crippen LogP) is -9.00. The van der Waals surface area contributed by atoms with Crippen molar-refractivity contribution in [2.75, 3.05) is 59.3 Å². The first-order chi connectivity index (χ1) is 29.4. The highest BCUT2D eigenvalue weighted by Crippen LogP contribution is 2.27. The quantitative estimate of drug-likeness (QED) is 0.0378. The molecule has 4 amide bonds. The highest BCUT2D eigenvalue weighted by molar-refractivity contribution is 5.79. The van der Waals surface area contributed by atoms with Gasteiger partial charge in [0.15, 0.2) is 18.9 Å². The lowest BCUT2D eigenvalue weighted by atomic mass is 9.83. The second-order valence-electron chi connectivity index (χ2n) is 15.2. The summed E-state index contributed by atoms with van der Waals surface area (Å²) in [4.78, 5) is 51.4. The van der Waals surface area contributed by atoms with Gasteiger partial charge in [0.2, 0.25) is 23.6 Å². The Morgan fingerprint density at radius 2 is 0.742 bits per heavy atom. The topological polar surface area (TPSA) is 415 Å². The van der Waals surface area contributed by atoms with E-state index in [9.17, 15) is 80.5 Å². The van der Waals surface area contributed by atoms with Crippen LogP contribution >= 0.6 is 0 Å². The van der Waals surface area contributed by atoms with Crippen LogP contribution < -0.4 is 21.3 Å². The van der Waals surface area contributed by atoms with Gasteiger partial charge >= 0.3 is 0 Å². The molecule has 26 heteroatoms. The Bertz CT molecular complexity index is 1240. The van der Waals surface area contributed by atoms with Crippen LogP contribution in [0.5, 0.6) is 0 Å². The summed E-state index contributed by atoms with van der Waals surface area (Å²) in [5.41, 5.74) is -1.32. The summed E-state index contributed by atoms with van der Waals surface area (Å²) >= 11 is 0. The highest BCUT2D eigenvalue weighted by atomic mass is 16.7. The van der Waals surface area contributed by atoms with Crippen molar-refractivity contribution < 1.29 is 109 Å². The maximum atomic E-state index is 13.0. The highest BCUT2D eigenvalue weighted by Gasteiger charge is 2.46. The molecule has 3 heterocycles. The molecule has 3 rings (SSSR count). The molecule has 3 aliphatic rings. The summed E-state index contributed by atoms with van der Waals surface area (Å²) in [5.74, 6) is -2.16. The fourth-order valence-electron chi connectivity index (χ4n) is 6.97. The number of hydrogen-bond donors (Lipinski definition) is 16. The van der Waals surface area contributed by atoms with Crippen LogP contribution in [0.2, 0.25) is 0 Å². The molecule has 3 fully saturated rings. The minimum Gasteiger partial charge on any atom is -0.394 e. The number of rotatable bonds is 25. The molecule has 15 atom stereocenters. The van der Waals surface area contributed by atoms with E-state index in [2.05, 4.69) is 21.3 Å². The molecule has 16 N–H and O–H groups in total. The van der Waals surface area contributed by atoms with Crippen LogP contribution in [0.4, 0.5) is 0 Å². The monoisotopic (exact) mass is 904 g/mol. The zero-order valence-corrected chi connectivity index (χ0v) is 34.2. The number of hydrogen-bond acceptors (Lipinski definition) is 22. The summed E-state index contributed by atoms with van der Waals surface area (Å²) in [5, 5.41) is 129. The summed E-state index contributed by atoms with van der Waals surface area (Å²) < 4.78 is 32.0. The van der Waals surface area contributed by atoms with E-state index in [1.807, 2.05) is 0 Å². The predicted molar refractivity (Wildman–Crippen MR) is 202 cm³/mol. The van der Waals surface area contributed by atoms with E-state index in [1.54, 1.807) is 0 Å². The summed E-state index contributed by atoms with van der Waals surface area (Å²) in [7, 11) is 0. The molecule has 26 nitrogen and oxygen atoms in total. The Morgan fingerprint density at radius 1 is 0.468 bits per heavy atom. The fraction of sp³-hybridized carbons (Fsp3) is 0.889. The van der Waals surface area contributed by atoms with Gasteiger partial charge < -0.3 is 111 Å². The van der Waals surface area contributed by atoms with Gasteiger partial charge in [-0.05, 0) is 19.3 Å². The number of aliphatic hydroxyl groups excluding tert-OH is 12. The lowest BCUT2D eigenvalue weighted by Gasteiger charge is -2.39. The Kier molecular flexibility index (Phi) is 22.6. The van der Waals surface area contributed by atoms with Crippen LogP contribution in [0.1, 0.15) is 45.4 Å². The van der Waals surface area contributed by atoms with Crippen molar-refractivity contribution >= 4 is 23.6 Å². The molecule has 0 radical (unpaired) electrons. The van der Waals surface area contributed by atoms with Crippen molar-refractivity contribution in [1.82, 2.24) is 21.3 Å². The van der Waals surface area contributed by atoms with Crippen molar-refractivity contribution in [3.8, 4) is 0 Å². The van der Waals surface area contributed by atoms with Gasteiger partial charge in [0.25, 0.3) is 0 Å². The molecule has 0 spiro atoms. The molecule has 0 aromatic carbocycles. The van der Waals surface area contributed by atoms with Crippen LogP contribution in [-0.4, -0.2) is 242 Å². The van der Waals surface area contributed by atoms with Gasteiger partial charge in [-0.1, -0.05) is 0 Å². The third-order valence-electron chi connectivity index (χ3n) is 10.6. The van der Waals surface area contributed by atoms with Crippen LogP contribution in [-0.2, 0) is 47.6 Å². The number of amides is 4. The second-order valence-corrected chi connectivity index (χ2v) is 15.2. The zero-order valence-electron chi connectivity index (χ0n) is 34.2. The molecule has 62 heavy (non-hydrogen) atoms. The van der Waals surface area contributed by atoms with E-state index in [-0.39, 0.29) is 78.0 Å². The molecule has 0 bridgehead atoms. The minimum atomic E-state index is -1.67. The van der Waals surface area contributed by atoms with Gasteiger partial charge in [-0.15, -0.1) is 0 Å². The smallest absolute Gasteiger partial charge is 0.220 e. The molecule has 0 aromatic heterocycles. The van der Waals surface area contributed by atoms with E-state index in [1.165, 1.54) is 6.92 Å². The van der Waals surface area contributed by atoms with Gasteiger partial charge in [-0.3, -0.25) is 19.2 Å². The average molecular weight is 905 g/mol. The Labute approximate surface area is 356 Å². The normalized spacial score (nSPS) is 34.0. The van der Waals surface area contributed by atoms with Gasteiger partial charge in [-0.25, -0.2) is 0 Å². The molecular formula is C36H64N4O22. The van der Waals surface area contributed by atoms with Crippen LogP contribution in [0.25, 0.3) is 0 Å². The lowest BCUT2D eigenvalue weighted by Crippen LogP contribution is -2.59. The molecular weight excluding hydrogens is 840 g/mol. The number of carbonyl (C=O) groups is 4. The molecule has 360 valence electrons. The summed E-state index contributed by atoms with van der Waals surface area (Å²) in [6, 6.07) is 0. The van der Waals surface area contributed by atoms with Gasteiger partial charge in [-0.2, -0.15) is 0 Å². The van der Waals surface area contributed by atoms with E-state index < -0.39 is 141 Å². The molecule has 0 aromatic rings. The van der Waals surface area contributed by atoms with E-state index in [4.69, 9.17) is 28.4 Å². The number of nitrogens with one attached hydrogen (secondary N) is 4. The van der Waals surface area contributed by atoms with Crippen LogP contribution in [0.15, 0.2) is 0 Å². The average Bonchev–Trinajstić information content (AvgIpc) is 3.25. The van der Waals surface area contributed by atoms with Crippen LogP contribution in [0.3, 0.4) is 0 Å². The minimum absolute atomic E-state index is 0.0764. The van der Waals surface area contributed by atoms with Crippen molar-refractivity contribution in [2.45, 2.75) is 143 Å². The van der Waals surface area contributed by atoms with Gasteiger partial charge in [0, 0.05) is 51.4 Å². The Hall–Kier alpha value is -2.84. The van der Waals surface area contributed by atoms with Gasteiger partial charge in [0.05, 0.1) is 39.6 Å². The van der Waals surface area contributed by atoms with Crippen molar-refractivity contribution in [2.24, 2.45) is 0 Å². The third kappa shape index (κ3) is 15.7. The maximum absolute atomic E-state index is 13.0.